The second-order valence-electron chi connectivity index (χ2n) is 11.5. The van der Waals surface area contributed by atoms with Crippen molar-refractivity contribution < 1.29 is 9.90 Å². The minimum Gasteiger partial charge on any atom is -0.477 e. The maximum Gasteiger partial charge on any atom is 0.346 e. The number of benzene rings is 4. The Morgan fingerprint density at radius 1 is 0.762 bits per heavy atom. The predicted molar refractivity (Wildman–Crippen MR) is 179 cm³/mol. The molecule has 0 aliphatic carbocycles. The average Bonchev–Trinajstić information content (AvgIpc) is 2.99. The van der Waals surface area contributed by atoms with E-state index in [9.17, 15) is 4.79 Å². The first-order valence-electron chi connectivity index (χ1n) is 14.4. The third-order valence-electron chi connectivity index (χ3n) is 7.22. The van der Waals surface area contributed by atoms with Gasteiger partial charge in [-0.25, -0.2) is 4.79 Å². The van der Waals surface area contributed by atoms with Crippen LogP contribution in [-0.2, 0) is 11.2 Å². The highest BCUT2D eigenvalue weighted by molar-refractivity contribution is 6.88. The molecule has 0 heterocycles. The zero-order chi connectivity index (χ0) is 30.1. The Balaban J connectivity index is 1.58. The van der Waals surface area contributed by atoms with Crippen molar-refractivity contribution in [3.8, 4) is 6.07 Å². The summed E-state index contributed by atoms with van der Waals surface area (Å²) in [5.74, 6) is -1.23. The minimum absolute atomic E-state index is 0.285. The van der Waals surface area contributed by atoms with Crippen molar-refractivity contribution in [3.63, 3.8) is 0 Å². The fourth-order valence-electron chi connectivity index (χ4n) is 4.69. The van der Waals surface area contributed by atoms with Crippen LogP contribution in [-0.4, -0.2) is 19.1 Å². The van der Waals surface area contributed by atoms with Gasteiger partial charge in [0, 0.05) is 17.1 Å². The number of carboxylic acids is 1. The molecule has 4 nitrogen and oxygen atoms in total. The van der Waals surface area contributed by atoms with E-state index < -0.39 is 14.0 Å². The molecule has 0 amide bonds. The first-order chi connectivity index (χ1) is 20.2. The molecular formula is C37H38N2O2Si. The van der Waals surface area contributed by atoms with Gasteiger partial charge >= 0.3 is 5.97 Å². The highest BCUT2D eigenvalue weighted by Gasteiger charge is 2.18. The Hall–Kier alpha value is -4.66. The van der Waals surface area contributed by atoms with Crippen LogP contribution >= 0.6 is 0 Å². The lowest BCUT2D eigenvalue weighted by atomic mass is 10.1. The second-order valence-corrected chi connectivity index (χ2v) is 16.5. The molecule has 4 rings (SSSR count). The number of nitriles is 1. The Kier molecular flexibility index (Phi) is 9.96. The van der Waals surface area contributed by atoms with E-state index in [1.165, 1.54) is 29.7 Å². The Labute approximate surface area is 250 Å². The van der Waals surface area contributed by atoms with Crippen LogP contribution in [0.5, 0.6) is 0 Å². The number of hydrogen-bond acceptors (Lipinski definition) is 3. The molecule has 0 aliphatic rings. The number of carboxylic acid groups (broad SMARTS) is 1. The first kappa shape index (κ1) is 30.3. The quantitative estimate of drug-likeness (QED) is 0.0845. The lowest BCUT2D eigenvalue weighted by molar-refractivity contribution is -0.132. The molecule has 5 heteroatoms. The van der Waals surface area contributed by atoms with E-state index in [-0.39, 0.29) is 5.57 Å². The third-order valence-corrected chi connectivity index (χ3v) is 9.29. The summed E-state index contributed by atoms with van der Waals surface area (Å²) in [4.78, 5) is 13.4. The number of nitrogens with zero attached hydrogens (tertiary/aromatic N) is 2. The van der Waals surface area contributed by atoms with Crippen molar-refractivity contribution in [3.05, 3.63) is 125 Å². The van der Waals surface area contributed by atoms with Gasteiger partial charge in [-0.1, -0.05) is 111 Å². The summed E-state index contributed by atoms with van der Waals surface area (Å²) in [5, 5.41) is 19.5. The minimum atomic E-state index is -1.40. The van der Waals surface area contributed by atoms with E-state index in [0.717, 1.165) is 34.6 Å². The van der Waals surface area contributed by atoms with Crippen molar-refractivity contribution in [1.29, 1.82) is 5.26 Å². The highest BCUT2D eigenvalue weighted by atomic mass is 28.3. The van der Waals surface area contributed by atoms with Crippen LogP contribution in [0.15, 0.2) is 103 Å². The van der Waals surface area contributed by atoms with Crippen LogP contribution in [0.4, 0.5) is 17.1 Å². The molecule has 1 N–H and O–H groups in total. The van der Waals surface area contributed by atoms with Gasteiger partial charge in [-0.05, 0) is 77.6 Å². The predicted octanol–water partition coefficient (Wildman–Crippen LogP) is 9.21. The van der Waals surface area contributed by atoms with Gasteiger partial charge in [-0.15, -0.1) is 0 Å². The van der Waals surface area contributed by atoms with Crippen LogP contribution in [0.25, 0.3) is 18.2 Å². The number of unbranched alkanes of at least 4 members (excludes halogenated alkanes) is 1. The van der Waals surface area contributed by atoms with Gasteiger partial charge in [0.05, 0.1) is 8.07 Å². The van der Waals surface area contributed by atoms with Gasteiger partial charge in [0.2, 0.25) is 0 Å². The fourth-order valence-corrected chi connectivity index (χ4v) is 5.86. The number of hydrogen-bond donors (Lipinski definition) is 1. The first-order valence-corrected chi connectivity index (χ1v) is 17.9. The van der Waals surface area contributed by atoms with Gasteiger partial charge in [0.1, 0.15) is 11.6 Å². The molecule has 0 saturated carbocycles. The number of aryl methyl sites for hydroxylation is 1. The van der Waals surface area contributed by atoms with E-state index in [0.29, 0.717) is 5.56 Å². The van der Waals surface area contributed by atoms with Crippen LogP contribution < -0.4 is 10.1 Å². The molecule has 0 fully saturated rings. The van der Waals surface area contributed by atoms with Crippen molar-refractivity contribution in [1.82, 2.24) is 0 Å². The number of anilines is 3. The summed E-state index contributed by atoms with van der Waals surface area (Å²) in [6.07, 6.45) is 8.94. The fraction of sp³-hybridized carbons (Fsp3) is 0.189. The SMILES string of the molecule is CCCCc1ccc(N(c2ccc(/C=C/c3ccc(/C=C(/C#N)C(=O)O)cc3)cc2)c2ccc([Si](C)(C)C)cc2)cc1. The summed E-state index contributed by atoms with van der Waals surface area (Å²) in [7, 11) is -1.40. The van der Waals surface area contributed by atoms with Crippen LogP contribution in [0, 0.1) is 11.3 Å². The zero-order valence-electron chi connectivity index (χ0n) is 24.8. The number of rotatable bonds is 11. The van der Waals surface area contributed by atoms with Crippen molar-refractivity contribution in [2.45, 2.75) is 45.8 Å². The number of aliphatic carboxylic acids is 1. The molecule has 212 valence electrons. The van der Waals surface area contributed by atoms with E-state index in [1.54, 1.807) is 6.07 Å². The third kappa shape index (κ3) is 7.96. The zero-order valence-corrected chi connectivity index (χ0v) is 25.8. The Bertz CT molecular complexity index is 1590. The van der Waals surface area contributed by atoms with E-state index >= 15 is 0 Å². The summed E-state index contributed by atoms with van der Waals surface area (Å²) in [5.41, 5.74) is 7.18. The molecule has 0 aromatic heterocycles. The van der Waals surface area contributed by atoms with E-state index in [1.807, 2.05) is 30.3 Å². The largest absolute Gasteiger partial charge is 0.477 e. The molecule has 4 aromatic rings. The maximum absolute atomic E-state index is 11.1. The molecule has 42 heavy (non-hydrogen) atoms. The number of carbonyl (C=O) groups is 1. The molecule has 0 unspecified atom stereocenters. The molecule has 0 atom stereocenters. The van der Waals surface area contributed by atoms with E-state index in [2.05, 4.69) is 110 Å². The van der Waals surface area contributed by atoms with Gasteiger partial charge in [0.15, 0.2) is 0 Å². The summed E-state index contributed by atoms with van der Waals surface area (Å²) in [6.45, 7) is 9.34. The molecule has 0 radical (unpaired) electrons. The molecular weight excluding hydrogens is 533 g/mol. The summed E-state index contributed by atoms with van der Waals surface area (Å²) in [6, 6.07) is 35.7. The van der Waals surface area contributed by atoms with Crippen LogP contribution in [0.3, 0.4) is 0 Å². The summed E-state index contributed by atoms with van der Waals surface area (Å²) < 4.78 is 0. The molecule has 0 saturated heterocycles. The van der Waals surface area contributed by atoms with Gasteiger partial charge in [-0.3, -0.25) is 0 Å². The normalized spacial score (nSPS) is 11.8. The molecule has 0 bridgehead atoms. The molecule has 4 aromatic carbocycles. The van der Waals surface area contributed by atoms with Crippen molar-refractivity contribution in [2.24, 2.45) is 0 Å². The van der Waals surface area contributed by atoms with Gasteiger partial charge < -0.3 is 10.0 Å². The van der Waals surface area contributed by atoms with Crippen molar-refractivity contribution >= 4 is 54.5 Å². The molecule has 0 aliphatic heterocycles. The van der Waals surface area contributed by atoms with Gasteiger partial charge in [-0.2, -0.15) is 5.26 Å². The van der Waals surface area contributed by atoms with Crippen LogP contribution in [0.2, 0.25) is 19.6 Å². The second kappa shape index (κ2) is 13.8. The molecule has 0 spiro atoms. The van der Waals surface area contributed by atoms with Crippen molar-refractivity contribution in [2.75, 3.05) is 4.90 Å². The standard InChI is InChI=1S/C37H38N2O2Si/c1-5-6-7-28-14-18-33(19-15-28)39(35-22-24-36(25-23-35)42(2,3)4)34-20-16-30(17-21-34)9-8-29-10-12-31(13-11-29)26-32(27-38)37(40)41/h8-26H,5-7H2,1-4H3,(H,40,41)/b9-8+,32-26-. The maximum atomic E-state index is 11.1. The lowest BCUT2D eigenvalue weighted by Crippen LogP contribution is -2.37. The topological polar surface area (TPSA) is 64.3 Å². The smallest absolute Gasteiger partial charge is 0.346 e. The average molecular weight is 571 g/mol. The highest BCUT2D eigenvalue weighted by Crippen LogP contribution is 2.35. The van der Waals surface area contributed by atoms with Gasteiger partial charge in [0.25, 0.3) is 0 Å². The van der Waals surface area contributed by atoms with E-state index in [4.69, 9.17) is 10.4 Å². The summed E-state index contributed by atoms with van der Waals surface area (Å²) >= 11 is 0. The monoisotopic (exact) mass is 570 g/mol. The Morgan fingerprint density at radius 2 is 1.21 bits per heavy atom. The van der Waals surface area contributed by atoms with Crippen LogP contribution in [0.1, 0.15) is 42.0 Å². The Morgan fingerprint density at radius 3 is 1.67 bits per heavy atom. The lowest BCUT2D eigenvalue weighted by Gasteiger charge is -2.27.